The van der Waals surface area contributed by atoms with E-state index in [1.54, 1.807) is 6.92 Å². The Morgan fingerprint density at radius 2 is 1.67 bits per heavy atom. The molecule has 0 unspecified atom stereocenters. The average Bonchev–Trinajstić information content (AvgIpc) is 3.31. The van der Waals surface area contributed by atoms with Crippen LogP contribution in [-0.4, -0.2) is 35.2 Å². The predicted molar refractivity (Wildman–Crippen MR) is 157 cm³/mol. The van der Waals surface area contributed by atoms with E-state index in [0.717, 1.165) is 54.3 Å². The van der Waals surface area contributed by atoms with Gasteiger partial charge in [0.2, 0.25) is 11.8 Å². The van der Waals surface area contributed by atoms with Crippen molar-refractivity contribution in [2.24, 2.45) is 5.92 Å². The molecule has 4 rings (SSSR count). The first kappa shape index (κ1) is 28.6. The molecule has 1 aliphatic rings. The highest BCUT2D eigenvalue weighted by Crippen LogP contribution is 2.30. The van der Waals surface area contributed by atoms with Crippen LogP contribution in [0, 0.1) is 5.92 Å². The number of unbranched alkanes of at least 4 members (excludes halogenated alkanes) is 2. The number of carbonyl (C=O) groups excluding carboxylic acids is 3. The quantitative estimate of drug-likeness (QED) is 0.209. The van der Waals surface area contributed by atoms with E-state index in [2.05, 4.69) is 39.9 Å². The summed E-state index contributed by atoms with van der Waals surface area (Å²) < 4.78 is 0. The number of rotatable bonds is 14. The minimum atomic E-state index is -0.546. The first-order chi connectivity index (χ1) is 19.0. The minimum absolute atomic E-state index is 0.0196. The molecule has 3 aromatic rings. The Balaban J connectivity index is 1.38. The summed E-state index contributed by atoms with van der Waals surface area (Å²) >= 11 is 0. The molecule has 39 heavy (non-hydrogen) atoms. The first-order valence-electron chi connectivity index (χ1n) is 14.7. The molecule has 0 bridgehead atoms. The summed E-state index contributed by atoms with van der Waals surface area (Å²) in [4.78, 5) is 41.0. The Labute approximate surface area is 232 Å². The number of fused-ring (bicyclic) bond motifs is 1. The zero-order chi connectivity index (χ0) is 27.5. The average molecular weight is 530 g/mol. The fourth-order valence-corrected chi connectivity index (χ4v) is 5.82. The lowest BCUT2D eigenvalue weighted by Gasteiger charge is -2.23. The van der Waals surface area contributed by atoms with Crippen LogP contribution in [0.5, 0.6) is 0 Å². The van der Waals surface area contributed by atoms with Crippen molar-refractivity contribution in [2.75, 3.05) is 6.54 Å². The van der Waals surface area contributed by atoms with Crippen LogP contribution in [0.3, 0.4) is 0 Å². The first-order valence-corrected chi connectivity index (χ1v) is 14.7. The number of para-hydroxylation sites is 1. The van der Waals surface area contributed by atoms with Crippen molar-refractivity contribution in [1.29, 1.82) is 0 Å². The summed E-state index contributed by atoms with van der Waals surface area (Å²) in [5.74, 6) is 0.474. The van der Waals surface area contributed by atoms with Gasteiger partial charge in [-0.2, -0.15) is 0 Å². The van der Waals surface area contributed by atoms with Crippen molar-refractivity contribution >= 4 is 28.5 Å². The lowest BCUT2D eigenvalue weighted by molar-refractivity contribution is -0.129. The Morgan fingerprint density at radius 1 is 0.923 bits per heavy atom. The molecule has 6 nitrogen and oxygen atoms in total. The molecule has 1 aliphatic carbocycles. The molecule has 1 aromatic heterocycles. The summed E-state index contributed by atoms with van der Waals surface area (Å²) in [5, 5.41) is 7.32. The highest BCUT2D eigenvalue weighted by atomic mass is 16.2. The summed E-state index contributed by atoms with van der Waals surface area (Å²) in [5.41, 5.74) is 4.46. The van der Waals surface area contributed by atoms with Crippen molar-refractivity contribution in [1.82, 2.24) is 15.6 Å². The predicted octanol–water partition coefficient (Wildman–Crippen LogP) is 6.49. The van der Waals surface area contributed by atoms with E-state index >= 15 is 0 Å². The number of hydrogen-bond acceptors (Lipinski definition) is 3. The number of carbonyl (C=O) groups is 3. The number of benzene rings is 2. The van der Waals surface area contributed by atoms with E-state index in [-0.39, 0.29) is 17.6 Å². The third-order valence-corrected chi connectivity index (χ3v) is 7.92. The summed E-state index contributed by atoms with van der Waals surface area (Å²) in [6.45, 7) is 2.10. The van der Waals surface area contributed by atoms with Crippen molar-refractivity contribution in [3.63, 3.8) is 0 Å². The molecule has 0 saturated heterocycles. The third-order valence-electron chi connectivity index (χ3n) is 7.92. The maximum atomic E-state index is 13.3. The number of ketones is 1. The summed E-state index contributed by atoms with van der Waals surface area (Å²) in [6.07, 6.45) is 10.7. The number of aromatic amines is 1. The van der Waals surface area contributed by atoms with Gasteiger partial charge in [0.25, 0.3) is 0 Å². The van der Waals surface area contributed by atoms with E-state index in [4.69, 9.17) is 0 Å². The van der Waals surface area contributed by atoms with Crippen molar-refractivity contribution in [3.8, 4) is 11.3 Å². The maximum Gasteiger partial charge on any atom is 0.242 e. The number of nitrogens with one attached hydrogen (secondary N) is 3. The van der Waals surface area contributed by atoms with Gasteiger partial charge in [0.15, 0.2) is 0 Å². The lowest BCUT2D eigenvalue weighted by Crippen LogP contribution is -2.47. The van der Waals surface area contributed by atoms with Crippen LogP contribution >= 0.6 is 0 Å². The number of Topliss-reactive ketones (excluding diaryl/α,β-unsaturated/α-hetero) is 1. The molecule has 3 N–H and O–H groups in total. The summed E-state index contributed by atoms with van der Waals surface area (Å²) in [6, 6.07) is 18.0. The van der Waals surface area contributed by atoms with Crippen molar-refractivity contribution < 1.29 is 14.4 Å². The van der Waals surface area contributed by atoms with E-state index in [9.17, 15) is 14.4 Å². The molecule has 6 heteroatoms. The van der Waals surface area contributed by atoms with Gasteiger partial charge in [-0.25, -0.2) is 0 Å². The Morgan fingerprint density at radius 3 is 2.44 bits per heavy atom. The fraction of sp³-hybridized carbons (Fsp3) is 0.485. The van der Waals surface area contributed by atoms with Gasteiger partial charge in [-0.05, 0) is 62.1 Å². The molecule has 208 valence electrons. The van der Waals surface area contributed by atoms with E-state index in [1.165, 1.54) is 24.8 Å². The molecule has 0 aliphatic heterocycles. The van der Waals surface area contributed by atoms with E-state index in [1.807, 2.05) is 30.3 Å². The fourth-order valence-electron chi connectivity index (χ4n) is 5.82. The molecular weight excluding hydrogens is 486 g/mol. The smallest absolute Gasteiger partial charge is 0.242 e. The van der Waals surface area contributed by atoms with Gasteiger partial charge < -0.3 is 20.4 Å². The van der Waals surface area contributed by atoms with Gasteiger partial charge in [-0.3, -0.25) is 9.59 Å². The highest BCUT2D eigenvalue weighted by Gasteiger charge is 2.23. The number of hydrogen-bond donors (Lipinski definition) is 3. The second kappa shape index (κ2) is 14.7. The normalized spacial score (nSPS) is 14.7. The van der Waals surface area contributed by atoms with Crippen LogP contribution in [0.15, 0.2) is 54.6 Å². The molecule has 0 spiro atoms. The lowest BCUT2D eigenvalue weighted by atomic mass is 9.87. The number of H-pyrrole nitrogens is 1. The maximum absolute atomic E-state index is 13.3. The zero-order valence-electron chi connectivity index (χ0n) is 23.3. The molecule has 0 radical (unpaired) electrons. The topological polar surface area (TPSA) is 91.1 Å². The van der Waals surface area contributed by atoms with Crippen LogP contribution in [0.1, 0.15) is 83.1 Å². The van der Waals surface area contributed by atoms with Gasteiger partial charge in [0.05, 0.1) is 0 Å². The van der Waals surface area contributed by atoms with Crippen LogP contribution in [-0.2, 0) is 20.8 Å². The molecule has 2 aromatic carbocycles. The standard InChI is InChI=1S/C33H43N3O3/c1-24(37)13-5-2-10-20-30(35-31(38)23-25-14-6-3-7-15-25)33(39)34-22-21-28-27-18-11-12-19-29(27)36-32(28)26-16-8-4-9-17-26/h4,8-9,11-12,16-19,25,30,36H,2-3,5-7,10,13-15,20-23H2,1H3,(H,34,39)(H,35,38)/t30-/m0/s1. The van der Waals surface area contributed by atoms with Crippen LogP contribution in [0.2, 0.25) is 0 Å². The Kier molecular flexibility index (Phi) is 10.8. The third kappa shape index (κ3) is 8.54. The van der Waals surface area contributed by atoms with Crippen molar-refractivity contribution in [3.05, 3.63) is 60.2 Å². The Hall–Kier alpha value is -3.41. The molecule has 1 atom stereocenters. The molecular formula is C33H43N3O3. The van der Waals surface area contributed by atoms with Gasteiger partial charge in [-0.1, -0.05) is 80.6 Å². The van der Waals surface area contributed by atoms with Gasteiger partial charge in [0, 0.05) is 36.0 Å². The van der Waals surface area contributed by atoms with Gasteiger partial charge >= 0.3 is 0 Å². The second-order valence-corrected chi connectivity index (χ2v) is 11.1. The highest BCUT2D eigenvalue weighted by molar-refractivity contribution is 5.91. The van der Waals surface area contributed by atoms with Gasteiger partial charge in [-0.15, -0.1) is 0 Å². The van der Waals surface area contributed by atoms with Crippen LogP contribution in [0.25, 0.3) is 22.2 Å². The molecule has 1 saturated carbocycles. The monoisotopic (exact) mass is 529 g/mol. The van der Waals surface area contributed by atoms with E-state index < -0.39 is 6.04 Å². The summed E-state index contributed by atoms with van der Waals surface area (Å²) in [7, 11) is 0. The molecule has 1 fully saturated rings. The van der Waals surface area contributed by atoms with Crippen LogP contribution < -0.4 is 10.6 Å². The van der Waals surface area contributed by atoms with Gasteiger partial charge in [0.1, 0.15) is 11.8 Å². The van der Waals surface area contributed by atoms with Crippen molar-refractivity contribution in [2.45, 2.75) is 90.0 Å². The van der Waals surface area contributed by atoms with E-state index in [0.29, 0.717) is 38.1 Å². The minimum Gasteiger partial charge on any atom is -0.354 e. The number of amides is 2. The Bertz CT molecular complexity index is 1230. The largest absolute Gasteiger partial charge is 0.354 e. The molecule has 2 amide bonds. The van der Waals surface area contributed by atoms with Crippen LogP contribution in [0.4, 0.5) is 0 Å². The second-order valence-electron chi connectivity index (χ2n) is 11.1. The number of aromatic nitrogens is 1. The zero-order valence-corrected chi connectivity index (χ0v) is 23.3. The SMILES string of the molecule is CC(=O)CCCCC[C@H](NC(=O)CC1CCCCC1)C(=O)NCCc1c(-c2ccccc2)[nH]c2ccccc12. The molecule has 1 heterocycles.